The molecule has 0 atom stereocenters. The van der Waals surface area contributed by atoms with Crippen molar-refractivity contribution in [2.24, 2.45) is 0 Å². The Morgan fingerprint density at radius 3 is 2.63 bits per heavy atom. The molecule has 0 amide bonds. The molecule has 0 unspecified atom stereocenters. The van der Waals surface area contributed by atoms with Crippen molar-refractivity contribution in [3.8, 4) is 5.75 Å². The predicted molar refractivity (Wildman–Crippen MR) is 73.1 cm³/mol. The van der Waals surface area contributed by atoms with E-state index in [1.807, 2.05) is 26.8 Å². The van der Waals surface area contributed by atoms with E-state index in [1.165, 1.54) is 0 Å². The zero-order valence-electron chi connectivity index (χ0n) is 11.6. The summed E-state index contributed by atoms with van der Waals surface area (Å²) in [6, 6.07) is 3.73. The predicted octanol–water partition coefficient (Wildman–Crippen LogP) is 3.79. The molecular formula is C15H18O4. The highest BCUT2D eigenvalue weighted by Gasteiger charge is 2.21. The standard InChI is InChI=1S/C15H18O4/c1-5-10-6-7-11-12(14(10)18-8(2)3)9(4)13(19-11)15(16)17/h6-8H,5H2,1-4H3,(H,16,17). The van der Waals surface area contributed by atoms with Crippen molar-refractivity contribution in [1.82, 2.24) is 0 Å². The van der Waals surface area contributed by atoms with Crippen LogP contribution < -0.4 is 4.74 Å². The lowest BCUT2D eigenvalue weighted by Crippen LogP contribution is -2.08. The van der Waals surface area contributed by atoms with Gasteiger partial charge in [0.15, 0.2) is 0 Å². The van der Waals surface area contributed by atoms with Crippen LogP contribution in [0.5, 0.6) is 5.75 Å². The molecule has 0 aliphatic heterocycles. The van der Waals surface area contributed by atoms with Crippen LogP contribution in [0.25, 0.3) is 11.0 Å². The molecule has 0 radical (unpaired) electrons. The number of furan rings is 1. The number of carboxylic acids is 1. The van der Waals surface area contributed by atoms with Gasteiger partial charge in [-0.05, 0) is 38.8 Å². The summed E-state index contributed by atoms with van der Waals surface area (Å²) in [7, 11) is 0. The number of carbonyl (C=O) groups is 1. The van der Waals surface area contributed by atoms with Gasteiger partial charge in [-0.1, -0.05) is 13.0 Å². The lowest BCUT2D eigenvalue weighted by molar-refractivity contribution is 0.0664. The minimum Gasteiger partial charge on any atom is -0.490 e. The van der Waals surface area contributed by atoms with E-state index in [1.54, 1.807) is 13.0 Å². The number of benzene rings is 1. The lowest BCUT2D eigenvalue weighted by Gasteiger charge is -2.14. The molecule has 2 rings (SSSR count). The maximum atomic E-state index is 11.1. The van der Waals surface area contributed by atoms with Crippen LogP contribution in [0.15, 0.2) is 16.5 Å². The summed E-state index contributed by atoms with van der Waals surface area (Å²) in [5, 5.41) is 9.90. The van der Waals surface area contributed by atoms with Crippen molar-refractivity contribution in [2.75, 3.05) is 0 Å². The van der Waals surface area contributed by atoms with Crippen LogP contribution >= 0.6 is 0 Å². The van der Waals surface area contributed by atoms with E-state index >= 15 is 0 Å². The Morgan fingerprint density at radius 1 is 1.42 bits per heavy atom. The van der Waals surface area contributed by atoms with Crippen LogP contribution in [0, 0.1) is 6.92 Å². The first-order valence-corrected chi connectivity index (χ1v) is 6.40. The van der Waals surface area contributed by atoms with E-state index < -0.39 is 5.97 Å². The van der Waals surface area contributed by atoms with Crippen LogP contribution in [0.3, 0.4) is 0 Å². The molecule has 0 aliphatic carbocycles. The van der Waals surface area contributed by atoms with Crippen molar-refractivity contribution in [2.45, 2.75) is 40.2 Å². The van der Waals surface area contributed by atoms with E-state index in [-0.39, 0.29) is 11.9 Å². The number of carboxylic acid groups (broad SMARTS) is 1. The Labute approximate surface area is 112 Å². The topological polar surface area (TPSA) is 59.7 Å². The molecule has 4 heteroatoms. The highest BCUT2D eigenvalue weighted by molar-refractivity contribution is 5.98. The first-order chi connectivity index (χ1) is 8.95. The molecule has 2 aromatic rings. The molecular weight excluding hydrogens is 244 g/mol. The minimum atomic E-state index is -1.05. The molecule has 0 fully saturated rings. The molecule has 1 aromatic carbocycles. The third-order valence-corrected chi connectivity index (χ3v) is 3.06. The summed E-state index contributed by atoms with van der Waals surface area (Å²) in [5.74, 6) is -0.331. The van der Waals surface area contributed by atoms with Gasteiger partial charge in [-0.2, -0.15) is 0 Å². The number of rotatable bonds is 4. The van der Waals surface area contributed by atoms with Gasteiger partial charge in [0.1, 0.15) is 11.3 Å². The molecule has 1 aromatic heterocycles. The minimum absolute atomic E-state index is 0.0168. The van der Waals surface area contributed by atoms with Gasteiger partial charge in [0, 0.05) is 5.56 Å². The van der Waals surface area contributed by atoms with E-state index in [4.69, 9.17) is 14.3 Å². The van der Waals surface area contributed by atoms with Gasteiger partial charge in [0.2, 0.25) is 5.76 Å². The Balaban J connectivity index is 2.76. The van der Waals surface area contributed by atoms with Crippen molar-refractivity contribution < 1.29 is 19.1 Å². The monoisotopic (exact) mass is 262 g/mol. The Hall–Kier alpha value is -1.97. The van der Waals surface area contributed by atoms with Crippen LogP contribution in [-0.4, -0.2) is 17.2 Å². The molecule has 4 nitrogen and oxygen atoms in total. The normalized spacial score (nSPS) is 11.2. The van der Waals surface area contributed by atoms with Gasteiger partial charge in [-0.25, -0.2) is 4.79 Å². The Morgan fingerprint density at radius 2 is 2.11 bits per heavy atom. The van der Waals surface area contributed by atoms with Gasteiger partial charge in [-0.3, -0.25) is 0 Å². The molecule has 0 bridgehead atoms. The summed E-state index contributed by atoms with van der Waals surface area (Å²) < 4.78 is 11.3. The van der Waals surface area contributed by atoms with Crippen LogP contribution in [0.1, 0.15) is 42.5 Å². The highest BCUT2D eigenvalue weighted by Crippen LogP contribution is 2.36. The quantitative estimate of drug-likeness (QED) is 0.910. The number of hydrogen-bond donors (Lipinski definition) is 1. The maximum absolute atomic E-state index is 11.1. The van der Waals surface area contributed by atoms with E-state index in [2.05, 4.69) is 0 Å². The van der Waals surface area contributed by atoms with Gasteiger partial charge in [-0.15, -0.1) is 0 Å². The van der Waals surface area contributed by atoms with Gasteiger partial charge < -0.3 is 14.3 Å². The van der Waals surface area contributed by atoms with Crippen LogP contribution in [-0.2, 0) is 6.42 Å². The Bertz CT molecular complexity index is 623. The highest BCUT2D eigenvalue weighted by atomic mass is 16.5. The van der Waals surface area contributed by atoms with Crippen LogP contribution in [0.2, 0.25) is 0 Å². The zero-order valence-corrected chi connectivity index (χ0v) is 11.6. The lowest BCUT2D eigenvalue weighted by atomic mass is 10.0. The molecule has 0 saturated carbocycles. The molecule has 0 saturated heterocycles. The first kappa shape index (κ1) is 13.5. The summed E-state index contributed by atoms with van der Waals surface area (Å²) in [4.78, 5) is 11.1. The van der Waals surface area contributed by atoms with Crippen molar-refractivity contribution in [3.05, 3.63) is 29.0 Å². The smallest absolute Gasteiger partial charge is 0.372 e. The number of aryl methyl sites for hydroxylation is 2. The maximum Gasteiger partial charge on any atom is 0.372 e. The van der Waals surface area contributed by atoms with Crippen LogP contribution in [0.4, 0.5) is 0 Å². The number of ether oxygens (including phenoxy) is 1. The fourth-order valence-electron chi connectivity index (χ4n) is 2.20. The third kappa shape index (κ3) is 2.30. The second-order valence-electron chi connectivity index (χ2n) is 4.81. The SMILES string of the molecule is CCc1ccc2oc(C(=O)O)c(C)c2c1OC(C)C. The third-order valence-electron chi connectivity index (χ3n) is 3.06. The summed E-state index contributed by atoms with van der Waals surface area (Å²) in [5.41, 5.74) is 2.23. The molecule has 0 aliphatic rings. The average molecular weight is 262 g/mol. The van der Waals surface area contributed by atoms with E-state index in [0.29, 0.717) is 11.1 Å². The largest absolute Gasteiger partial charge is 0.490 e. The van der Waals surface area contributed by atoms with E-state index in [9.17, 15) is 4.79 Å². The summed E-state index contributed by atoms with van der Waals surface area (Å²) in [6.07, 6.45) is 0.851. The van der Waals surface area contributed by atoms with Gasteiger partial charge in [0.05, 0.1) is 11.5 Å². The first-order valence-electron chi connectivity index (χ1n) is 6.40. The Kier molecular flexibility index (Phi) is 3.51. The van der Waals surface area contributed by atoms with Crippen molar-refractivity contribution in [1.29, 1.82) is 0 Å². The second-order valence-corrected chi connectivity index (χ2v) is 4.81. The second kappa shape index (κ2) is 4.96. The zero-order chi connectivity index (χ0) is 14.2. The van der Waals surface area contributed by atoms with Crippen molar-refractivity contribution in [3.63, 3.8) is 0 Å². The summed E-state index contributed by atoms with van der Waals surface area (Å²) >= 11 is 0. The number of hydrogen-bond acceptors (Lipinski definition) is 3. The van der Waals surface area contributed by atoms with Crippen molar-refractivity contribution >= 4 is 16.9 Å². The fourth-order valence-corrected chi connectivity index (χ4v) is 2.20. The molecule has 0 spiro atoms. The molecule has 1 N–H and O–H groups in total. The number of aromatic carboxylic acids is 1. The van der Waals surface area contributed by atoms with E-state index in [0.717, 1.165) is 23.1 Å². The number of fused-ring (bicyclic) bond motifs is 1. The molecule has 102 valence electrons. The molecule has 19 heavy (non-hydrogen) atoms. The summed E-state index contributed by atoms with van der Waals surface area (Å²) in [6.45, 7) is 7.70. The van der Waals surface area contributed by atoms with Gasteiger partial charge in [0.25, 0.3) is 0 Å². The fraction of sp³-hybridized carbons (Fsp3) is 0.400. The average Bonchev–Trinajstić information content (AvgIpc) is 2.67. The molecule has 1 heterocycles. The van der Waals surface area contributed by atoms with Gasteiger partial charge >= 0.3 is 5.97 Å².